The molecule has 1 heteroatoms. The molecule has 20 heavy (non-hydrogen) atoms. The van der Waals surface area contributed by atoms with Gasteiger partial charge in [0.15, 0.2) is 0 Å². The van der Waals surface area contributed by atoms with Crippen LogP contribution in [0.25, 0.3) is 22.0 Å². The number of benzene rings is 2. The normalized spacial score (nSPS) is 10.1. The third kappa shape index (κ3) is 3.00. The topological polar surface area (TPSA) is 15.8 Å². The van der Waals surface area contributed by atoms with Crippen LogP contribution in [0.15, 0.2) is 67.8 Å². The smallest absolute Gasteiger partial charge is 0.0462 e. The van der Waals surface area contributed by atoms with Crippen molar-refractivity contribution in [2.24, 2.45) is 0 Å². The van der Waals surface area contributed by atoms with Gasteiger partial charge in [-0.05, 0) is 35.1 Å². The number of nitrogens with one attached hydrogen (secondary N) is 1. The van der Waals surface area contributed by atoms with Crippen molar-refractivity contribution >= 4 is 10.9 Å². The van der Waals surface area contributed by atoms with Crippen LogP contribution in [0.1, 0.15) is 20.5 Å². The first-order chi connectivity index (χ1) is 9.86. The van der Waals surface area contributed by atoms with E-state index >= 15 is 0 Å². The molecule has 1 N–H and O–H groups in total. The fourth-order valence-corrected chi connectivity index (χ4v) is 2.40. The third-order valence-electron chi connectivity index (χ3n) is 3.30. The molecule has 0 radical (unpaired) electrons. The van der Waals surface area contributed by atoms with Crippen LogP contribution >= 0.6 is 0 Å². The molecule has 3 aromatic rings. The molecule has 104 valence electrons. The summed E-state index contributed by atoms with van der Waals surface area (Å²) in [5.74, 6) is 0. The Kier molecular flexibility index (Phi) is 4.78. The molecule has 1 aromatic heterocycles. The van der Waals surface area contributed by atoms with Crippen molar-refractivity contribution in [3.8, 4) is 11.1 Å². The highest BCUT2D eigenvalue weighted by atomic mass is 14.7. The molecule has 0 aliphatic rings. The van der Waals surface area contributed by atoms with E-state index in [0.717, 1.165) is 6.42 Å². The van der Waals surface area contributed by atoms with Crippen LogP contribution in [0.3, 0.4) is 0 Å². The second kappa shape index (κ2) is 6.76. The lowest BCUT2D eigenvalue weighted by atomic mass is 10.0. The molecule has 0 saturated heterocycles. The van der Waals surface area contributed by atoms with Crippen molar-refractivity contribution in [3.63, 3.8) is 0 Å². The lowest BCUT2D eigenvalue weighted by Crippen LogP contribution is -1.80. The van der Waals surface area contributed by atoms with E-state index in [-0.39, 0.29) is 1.43 Å². The van der Waals surface area contributed by atoms with Crippen LogP contribution in [-0.2, 0) is 6.42 Å². The Labute approximate surface area is 122 Å². The molecule has 3 rings (SSSR count). The van der Waals surface area contributed by atoms with Crippen LogP contribution < -0.4 is 0 Å². The Bertz CT molecular complexity index is 670. The van der Waals surface area contributed by atoms with Crippen molar-refractivity contribution in [2.45, 2.75) is 19.8 Å². The molecule has 2 aromatic carbocycles. The first-order valence-corrected chi connectivity index (χ1v) is 7.04. The van der Waals surface area contributed by atoms with Gasteiger partial charge in [-0.2, -0.15) is 0 Å². The van der Waals surface area contributed by atoms with E-state index in [9.17, 15) is 0 Å². The van der Waals surface area contributed by atoms with Crippen molar-refractivity contribution in [1.29, 1.82) is 0 Å². The van der Waals surface area contributed by atoms with Crippen LogP contribution in [0, 0.1) is 0 Å². The molecule has 0 spiro atoms. The number of rotatable bonds is 3. The maximum atomic E-state index is 3.51. The van der Waals surface area contributed by atoms with E-state index in [4.69, 9.17) is 0 Å². The van der Waals surface area contributed by atoms with E-state index in [1.807, 2.05) is 0 Å². The summed E-state index contributed by atoms with van der Waals surface area (Å²) < 4.78 is 0. The quantitative estimate of drug-likeness (QED) is 0.573. The van der Waals surface area contributed by atoms with Gasteiger partial charge in [-0.1, -0.05) is 55.8 Å². The summed E-state index contributed by atoms with van der Waals surface area (Å²) in [5, 5.41) is 1.30. The number of aromatic nitrogens is 1. The number of H-pyrrole nitrogens is 1. The molecule has 0 aliphatic heterocycles. The molecule has 0 saturated carbocycles. The fourth-order valence-electron chi connectivity index (χ4n) is 2.40. The Morgan fingerprint density at radius 3 is 2.40 bits per heavy atom. The number of aryl methyl sites for hydroxylation is 1. The molecular formula is C19H23N. The minimum Gasteiger partial charge on any atom is -0.358 e. The second-order valence-electron chi connectivity index (χ2n) is 4.71. The van der Waals surface area contributed by atoms with Crippen LogP contribution in [0.4, 0.5) is 0 Å². The lowest BCUT2D eigenvalue weighted by Gasteiger charge is -2.01. The standard InChI is InChI=1S/C17H17N.C2H4.H2/c1-2-6-16-11-15-10-9-14(12-17(15)18-16)13-7-4-3-5-8-13;1-2;/h3-5,7-12,18H,2,6H2,1H3;1-2H2;1H. The Balaban J connectivity index is 0.000000706. The van der Waals surface area contributed by atoms with E-state index < -0.39 is 0 Å². The molecule has 0 bridgehead atoms. The first kappa shape index (κ1) is 14.1. The molecule has 1 nitrogen and oxygen atoms in total. The SMILES string of the molecule is C=C.CCCc1cc2ccc(-c3ccccc3)cc2[nH]1.[HH]. The van der Waals surface area contributed by atoms with Gasteiger partial charge in [0.2, 0.25) is 0 Å². The van der Waals surface area contributed by atoms with Gasteiger partial charge in [0, 0.05) is 12.6 Å². The van der Waals surface area contributed by atoms with Gasteiger partial charge in [0.25, 0.3) is 0 Å². The molecule has 0 unspecified atom stereocenters. The minimum atomic E-state index is 0. The maximum absolute atomic E-state index is 3.51. The lowest BCUT2D eigenvalue weighted by molar-refractivity contribution is 0.896. The Morgan fingerprint density at radius 2 is 1.70 bits per heavy atom. The van der Waals surface area contributed by atoms with Crippen molar-refractivity contribution in [3.05, 3.63) is 73.4 Å². The molecular weight excluding hydrogens is 242 g/mol. The van der Waals surface area contributed by atoms with E-state index in [1.54, 1.807) is 0 Å². The van der Waals surface area contributed by atoms with Crippen LogP contribution in [-0.4, -0.2) is 4.98 Å². The molecule has 0 fully saturated rings. The summed E-state index contributed by atoms with van der Waals surface area (Å²) in [6.45, 7) is 8.21. The van der Waals surface area contributed by atoms with Gasteiger partial charge in [-0.15, -0.1) is 13.2 Å². The average molecular weight is 265 g/mol. The van der Waals surface area contributed by atoms with Crippen molar-refractivity contribution < 1.29 is 1.43 Å². The van der Waals surface area contributed by atoms with Gasteiger partial charge in [0.1, 0.15) is 0 Å². The summed E-state index contributed by atoms with van der Waals surface area (Å²) in [4.78, 5) is 3.51. The van der Waals surface area contributed by atoms with Crippen molar-refractivity contribution in [1.82, 2.24) is 4.98 Å². The zero-order valence-corrected chi connectivity index (χ0v) is 12.0. The predicted molar refractivity (Wildman–Crippen MR) is 91.1 cm³/mol. The van der Waals surface area contributed by atoms with E-state index in [1.165, 1.54) is 34.1 Å². The van der Waals surface area contributed by atoms with Crippen LogP contribution in [0.2, 0.25) is 0 Å². The average Bonchev–Trinajstić information content (AvgIpc) is 2.92. The van der Waals surface area contributed by atoms with Crippen LogP contribution in [0.5, 0.6) is 0 Å². The van der Waals surface area contributed by atoms with Gasteiger partial charge in [0.05, 0.1) is 0 Å². The number of hydrogen-bond donors (Lipinski definition) is 1. The predicted octanol–water partition coefficient (Wildman–Crippen LogP) is 5.84. The maximum Gasteiger partial charge on any atom is 0.0462 e. The highest BCUT2D eigenvalue weighted by Crippen LogP contribution is 2.24. The monoisotopic (exact) mass is 265 g/mol. The summed E-state index contributed by atoms with van der Waals surface area (Å²) in [6.07, 6.45) is 2.30. The first-order valence-electron chi connectivity index (χ1n) is 7.04. The zero-order valence-electron chi connectivity index (χ0n) is 12.0. The second-order valence-corrected chi connectivity index (χ2v) is 4.71. The van der Waals surface area contributed by atoms with Gasteiger partial charge in [-0.3, -0.25) is 0 Å². The number of fused-ring (bicyclic) bond motifs is 1. The van der Waals surface area contributed by atoms with Gasteiger partial charge < -0.3 is 4.98 Å². The largest absolute Gasteiger partial charge is 0.358 e. The fraction of sp³-hybridized carbons (Fsp3) is 0.158. The Morgan fingerprint density at radius 1 is 0.950 bits per heavy atom. The third-order valence-corrected chi connectivity index (χ3v) is 3.30. The van der Waals surface area contributed by atoms with Gasteiger partial charge >= 0.3 is 0 Å². The molecule has 0 amide bonds. The highest BCUT2D eigenvalue weighted by Gasteiger charge is 2.02. The minimum absolute atomic E-state index is 0. The summed E-state index contributed by atoms with van der Waals surface area (Å²) >= 11 is 0. The van der Waals surface area contributed by atoms with Crippen molar-refractivity contribution in [2.75, 3.05) is 0 Å². The summed E-state index contributed by atoms with van der Waals surface area (Å²) in [7, 11) is 0. The summed E-state index contributed by atoms with van der Waals surface area (Å²) in [5.41, 5.74) is 5.11. The highest BCUT2D eigenvalue weighted by molar-refractivity contribution is 5.85. The molecule has 0 aliphatic carbocycles. The number of hydrogen-bond acceptors (Lipinski definition) is 0. The zero-order chi connectivity index (χ0) is 14.4. The van der Waals surface area contributed by atoms with Gasteiger partial charge in [-0.25, -0.2) is 0 Å². The number of aromatic amines is 1. The Hall–Kier alpha value is -2.28. The molecule has 0 atom stereocenters. The van der Waals surface area contributed by atoms with E-state index in [2.05, 4.69) is 79.7 Å². The van der Waals surface area contributed by atoms with E-state index in [0.29, 0.717) is 0 Å². The summed E-state index contributed by atoms with van der Waals surface area (Å²) in [6, 6.07) is 19.4. The molecule has 1 heterocycles.